The molecule has 224 valence electrons. The van der Waals surface area contributed by atoms with Gasteiger partial charge >= 0.3 is 0 Å². The van der Waals surface area contributed by atoms with Crippen LogP contribution in [-0.2, 0) is 0 Å². The number of fused-ring (bicyclic) bond motifs is 8. The molecule has 48 heavy (non-hydrogen) atoms. The van der Waals surface area contributed by atoms with E-state index in [1.165, 1.54) is 11.3 Å². The molecule has 0 aliphatic carbocycles. The summed E-state index contributed by atoms with van der Waals surface area (Å²) in [4.78, 5) is 14.9. The molecule has 5 heteroatoms. The molecule has 10 rings (SSSR count). The molecule has 7 aromatic carbocycles. The monoisotopic (exact) mass is 636 g/mol. The van der Waals surface area contributed by atoms with Crippen LogP contribution in [0.5, 0.6) is 0 Å². The van der Waals surface area contributed by atoms with E-state index in [9.17, 15) is 1.37 Å². The summed E-state index contributed by atoms with van der Waals surface area (Å²) in [6.45, 7) is 0. The van der Waals surface area contributed by atoms with E-state index in [0.29, 0.717) is 39.1 Å². The smallest absolute Gasteiger partial charge is 0.164 e. The molecule has 0 amide bonds. The van der Waals surface area contributed by atoms with Gasteiger partial charge in [0.05, 0.1) is 6.85 Å². The summed E-state index contributed by atoms with van der Waals surface area (Å²) in [6, 6.07) is 38.8. The van der Waals surface area contributed by atoms with Crippen molar-refractivity contribution in [2.24, 2.45) is 0 Å². The van der Waals surface area contributed by atoms with Crippen LogP contribution < -0.4 is 0 Å². The third-order valence-corrected chi connectivity index (χ3v) is 9.98. The van der Waals surface area contributed by atoms with E-state index in [4.69, 9.17) is 24.9 Å². The van der Waals surface area contributed by atoms with Gasteiger partial charge in [0.1, 0.15) is 11.2 Å². The standard InChI is InChI=1S/C43H25N3OS/c1-3-11-26(12-4-1)30-17-9-19-35-38(30)32-23-22-29(25-36(32)47-35)42-44-41(28-14-5-2-6-15-28)45-43(46-42)34-18-10-20-37-39(34)33-24-21-27-13-7-8-16-31(27)40(33)48-37/h1-25H/i7D,8D,10D,13D,18D. The van der Waals surface area contributed by atoms with Crippen molar-refractivity contribution in [1.29, 1.82) is 0 Å². The summed E-state index contributed by atoms with van der Waals surface area (Å²) in [5, 5.41) is 4.79. The second kappa shape index (κ2) is 10.7. The van der Waals surface area contributed by atoms with Crippen LogP contribution in [0.2, 0.25) is 0 Å². The number of nitrogens with zero attached hydrogens (tertiary/aromatic N) is 3. The van der Waals surface area contributed by atoms with Crippen LogP contribution >= 0.6 is 11.3 Å². The van der Waals surface area contributed by atoms with Crippen LogP contribution in [0.25, 0.3) is 98.2 Å². The predicted molar refractivity (Wildman–Crippen MR) is 199 cm³/mol. The maximum absolute atomic E-state index is 9.22. The first kappa shape index (κ1) is 22.4. The minimum atomic E-state index is -0.121. The fourth-order valence-electron chi connectivity index (χ4n) is 6.58. The van der Waals surface area contributed by atoms with Crippen molar-refractivity contribution in [2.75, 3.05) is 0 Å². The Bertz CT molecular complexity index is 3130. The zero-order valence-corrected chi connectivity index (χ0v) is 26.0. The summed E-state index contributed by atoms with van der Waals surface area (Å²) in [5.74, 6) is 1.08. The third kappa shape index (κ3) is 4.25. The lowest BCUT2D eigenvalue weighted by atomic mass is 9.99. The Labute approximate surface area is 286 Å². The fourth-order valence-corrected chi connectivity index (χ4v) is 7.79. The molecule has 3 aromatic heterocycles. The van der Waals surface area contributed by atoms with Crippen LogP contribution in [0.3, 0.4) is 0 Å². The molecule has 0 fully saturated rings. The van der Waals surface area contributed by atoms with E-state index in [2.05, 4.69) is 18.2 Å². The normalized spacial score (nSPS) is 13.2. The lowest BCUT2D eigenvalue weighted by molar-refractivity contribution is 0.669. The number of furan rings is 1. The molecule has 3 heterocycles. The van der Waals surface area contributed by atoms with E-state index in [1.807, 2.05) is 84.9 Å². The van der Waals surface area contributed by atoms with Gasteiger partial charge in [0.2, 0.25) is 0 Å². The van der Waals surface area contributed by atoms with Crippen LogP contribution in [0.15, 0.2) is 156 Å². The van der Waals surface area contributed by atoms with Crippen LogP contribution in [-0.4, -0.2) is 15.0 Å². The summed E-state index contributed by atoms with van der Waals surface area (Å²) in [7, 11) is 0. The second-order valence-electron chi connectivity index (χ2n) is 11.6. The van der Waals surface area contributed by atoms with Crippen molar-refractivity contribution in [3.05, 3.63) is 152 Å². The lowest BCUT2D eigenvalue weighted by Crippen LogP contribution is -2.00. The van der Waals surface area contributed by atoms with Gasteiger partial charge in [-0.2, -0.15) is 0 Å². The fraction of sp³-hybridized carbons (Fsp3) is 0. The van der Waals surface area contributed by atoms with Gasteiger partial charge in [0.15, 0.2) is 17.5 Å². The van der Waals surface area contributed by atoms with Crippen molar-refractivity contribution in [2.45, 2.75) is 0 Å². The van der Waals surface area contributed by atoms with Crippen molar-refractivity contribution < 1.29 is 11.3 Å². The Morgan fingerprint density at radius 3 is 2.12 bits per heavy atom. The van der Waals surface area contributed by atoms with Gasteiger partial charge in [-0.05, 0) is 46.2 Å². The molecule has 0 bridgehead atoms. The number of thiophene rings is 1. The van der Waals surface area contributed by atoms with Gasteiger partial charge in [-0.25, -0.2) is 15.0 Å². The molecular formula is C43H25N3OS. The molecule has 0 N–H and O–H groups in total. The first-order valence-electron chi connectivity index (χ1n) is 18.0. The van der Waals surface area contributed by atoms with Crippen LogP contribution in [0.4, 0.5) is 0 Å². The summed E-state index contributed by atoms with van der Waals surface area (Å²) >= 11 is 1.44. The van der Waals surface area contributed by atoms with E-state index < -0.39 is 0 Å². The van der Waals surface area contributed by atoms with Crippen molar-refractivity contribution >= 4 is 64.2 Å². The SMILES string of the molecule is [2H]c1cc2c(ccc3c2sc2cc([2H])c([2H])c(-c4nc(-c5ccccc5)nc(-c5ccc6c(c5)oc5cccc(-c7ccccc7)c56)n4)c23)c([2H])c1[2H]. The molecule has 4 nitrogen and oxygen atoms in total. The van der Waals surface area contributed by atoms with Crippen molar-refractivity contribution in [1.82, 2.24) is 15.0 Å². The van der Waals surface area contributed by atoms with Crippen molar-refractivity contribution in [3.63, 3.8) is 0 Å². The zero-order chi connectivity index (χ0) is 36.0. The van der Waals surface area contributed by atoms with Gasteiger partial charge in [-0.1, -0.05) is 127 Å². The largest absolute Gasteiger partial charge is 0.456 e. The topological polar surface area (TPSA) is 51.8 Å². The molecule has 0 aliphatic rings. The summed E-state index contributed by atoms with van der Waals surface area (Å²) < 4.78 is 51.1. The molecule has 0 aliphatic heterocycles. The van der Waals surface area contributed by atoms with E-state index in [0.717, 1.165) is 53.2 Å². The number of hydrogen-bond donors (Lipinski definition) is 0. The Balaban J connectivity index is 1.22. The highest BCUT2D eigenvalue weighted by Crippen LogP contribution is 2.43. The van der Waals surface area contributed by atoms with Crippen LogP contribution in [0.1, 0.15) is 6.85 Å². The Kier molecular flexibility index (Phi) is 4.98. The maximum atomic E-state index is 9.22. The third-order valence-electron chi connectivity index (χ3n) is 8.79. The van der Waals surface area contributed by atoms with Crippen LogP contribution in [0, 0.1) is 0 Å². The van der Waals surface area contributed by atoms with E-state index >= 15 is 0 Å². The molecule has 0 spiro atoms. The minimum Gasteiger partial charge on any atom is -0.456 e. The molecule has 0 atom stereocenters. The number of benzene rings is 7. The first-order chi connectivity index (χ1) is 25.8. The van der Waals surface area contributed by atoms with Crippen molar-refractivity contribution in [3.8, 4) is 45.3 Å². The summed E-state index contributed by atoms with van der Waals surface area (Å²) in [6.07, 6.45) is 0. The molecule has 0 radical (unpaired) electrons. The molecule has 10 aromatic rings. The number of rotatable bonds is 4. The Morgan fingerprint density at radius 1 is 0.500 bits per heavy atom. The zero-order valence-electron chi connectivity index (χ0n) is 30.2. The minimum absolute atomic E-state index is 0.00163. The number of aromatic nitrogens is 3. The molecule has 0 saturated carbocycles. The Morgan fingerprint density at radius 2 is 1.27 bits per heavy atom. The van der Waals surface area contributed by atoms with Gasteiger partial charge in [-0.3, -0.25) is 0 Å². The van der Waals surface area contributed by atoms with Gasteiger partial charge in [0, 0.05) is 47.6 Å². The highest BCUT2D eigenvalue weighted by atomic mass is 32.1. The first-order valence-corrected chi connectivity index (χ1v) is 16.3. The number of hydrogen-bond acceptors (Lipinski definition) is 5. The van der Waals surface area contributed by atoms with Gasteiger partial charge in [0.25, 0.3) is 0 Å². The lowest BCUT2D eigenvalue weighted by Gasteiger charge is -2.10. The predicted octanol–water partition coefficient (Wildman–Crippen LogP) is 12.0. The highest BCUT2D eigenvalue weighted by molar-refractivity contribution is 7.26. The average molecular weight is 637 g/mol. The summed E-state index contributed by atoms with van der Waals surface area (Å²) in [5.41, 5.74) is 5.54. The quantitative estimate of drug-likeness (QED) is 0.193. The maximum Gasteiger partial charge on any atom is 0.164 e. The molecule has 0 saturated heterocycles. The van der Waals surface area contributed by atoms with E-state index in [-0.39, 0.29) is 36.0 Å². The average Bonchev–Trinajstić information content (AvgIpc) is 3.76. The van der Waals surface area contributed by atoms with Gasteiger partial charge < -0.3 is 4.42 Å². The molecule has 0 unspecified atom stereocenters. The highest BCUT2D eigenvalue weighted by Gasteiger charge is 2.19. The van der Waals surface area contributed by atoms with E-state index in [1.54, 1.807) is 18.2 Å². The molecular weight excluding hydrogens is 607 g/mol. The second-order valence-corrected chi connectivity index (χ2v) is 12.7. The van der Waals surface area contributed by atoms with Gasteiger partial charge in [-0.15, -0.1) is 11.3 Å². The Hall–Kier alpha value is -6.17.